The Balaban J connectivity index is 2.24. The van der Waals surface area contributed by atoms with Gasteiger partial charge in [-0.3, -0.25) is 10.1 Å². The number of rotatable bonds is 5. The van der Waals surface area contributed by atoms with E-state index < -0.39 is 0 Å². The van der Waals surface area contributed by atoms with E-state index in [4.69, 9.17) is 4.74 Å². The number of carbonyl (C=O) groups excluding carboxylic acids is 1. The van der Waals surface area contributed by atoms with E-state index >= 15 is 0 Å². The average molecular weight is 285 g/mol. The van der Waals surface area contributed by atoms with E-state index in [0.29, 0.717) is 12.1 Å². The third-order valence-corrected chi connectivity index (χ3v) is 3.51. The van der Waals surface area contributed by atoms with Gasteiger partial charge in [0, 0.05) is 24.5 Å². The van der Waals surface area contributed by atoms with E-state index in [1.165, 1.54) is 7.11 Å². The molecule has 2 aromatic rings. The molecule has 0 aliphatic carbocycles. The summed E-state index contributed by atoms with van der Waals surface area (Å²) in [4.78, 5) is 11.7. The molecule has 2 heterocycles. The monoisotopic (exact) mass is 285 g/mol. The van der Waals surface area contributed by atoms with Crippen molar-refractivity contribution in [1.82, 2.24) is 9.72 Å². The zero-order valence-electron chi connectivity index (χ0n) is 12.5. The lowest BCUT2D eigenvalue weighted by Crippen LogP contribution is -2.41. The lowest BCUT2D eigenvalue weighted by atomic mass is 10.0. The Kier molecular flexibility index (Phi) is 4.61. The van der Waals surface area contributed by atoms with Gasteiger partial charge < -0.3 is 9.14 Å². The molecule has 0 spiro atoms. The van der Waals surface area contributed by atoms with Crippen LogP contribution in [-0.4, -0.2) is 23.5 Å². The first-order valence-corrected chi connectivity index (χ1v) is 6.88. The number of hydrogen-bond donors (Lipinski definition) is 1. The highest BCUT2D eigenvalue weighted by molar-refractivity contribution is 5.76. The number of carbonyl (C=O) groups is 1. The predicted octanol–water partition coefficient (Wildman–Crippen LogP) is 2.10. The highest BCUT2D eigenvalue weighted by atomic mass is 16.5. The van der Waals surface area contributed by atoms with Crippen LogP contribution in [0, 0.1) is 17.2 Å². The second-order valence-electron chi connectivity index (χ2n) is 5.26. The zero-order chi connectivity index (χ0) is 15.4. The van der Waals surface area contributed by atoms with Gasteiger partial charge in [0.1, 0.15) is 12.1 Å². The minimum atomic E-state index is -0.385. The molecule has 0 aromatic carbocycles. The maximum absolute atomic E-state index is 11.7. The minimum Gasteiger partial charge on any atom is -0.468 e. The summed E-state index contributed by atoms with van der Waals surface area (Å²) >= 11 is 0. The number of ether oxygens (including phenoxy) is 1. The van der Waals surface area contributed by atoms with Crippen LogP contribution >= 0.6 is 0 Å². The zero-order valence-corrected chi connectivity index (χ0v) is 12.5. The summed E-state index contributed by atoms with van der Waals surface area (Å²) in [5, 5.41) is 12.5. The Hall–Kier alpha value is -2.32. The van der Waals surface area contributed by atoms with Crippen molar-refractivity contribution in [2.24, 2.45) is 5.92 Å². The topological polar surface area (TPSA) is 66.5 Å². The van der Waals surface area contributed by atoms with Gasteiger partial charge >= 0.3 is 5.97 Å². The van der Waals surface area contributed by atoms with Crippen LogP contribution in [-0.2, 0) is 16.1 Å². The van der Waals surface area contributed by atoms with Crippen molar-refractivity contribution in [1.29, 1.82) is 5.26 Å². The fourth-order valence-electron chi connectivity index (χ4n) is 2.38. The molecule has 5 nitrogen and oxygen atoms in total. The summed E-state index contributed by atoms with van der Waals surface area (Å²) in [5.74, 6) is -0.174. The second-order valence-corrected chi connectivity index (χ2v) is 5.26. The van der Waals surface area contributed by atoms with Gasteiger partial charge in [0.25, 0.3) is 0 Å². The quantitative estimate of drug-likeness (QED) is 0.854. The van der Waals surface area contributed by atoms with Gasteiger partial charge in [-0.2, -0.15) is 5.26 Å². The van der Waals surface area contributed by atoms with Gasteiger partial charge in [-0.05, 0) is 18.1 Å². The molecule has 0 aliphatic heterocycles. The minimum absolute atomic E-state index is 0.111. The van der Waals surface area contributed by atoms with Gasteiger partial charge in [0.2, 0.25) is 0 Å². The summed E-state index contributed by atoms with van der Waals surface area (Å²) in [7, 11) is 1.38. The maximum atomic E-state index is 11.7. The summed E-state index contributed by atoms with van der Waals surface area (Å²) in [6.07, 6.45) is 3.81. The van der Waals surface area contributed by atoms with E-state index in [-0.39, 0.29) is 17.9 Å². The predicted molar refractivity (Wildman–Crippen MR) is 79.6 cm³/mol. The van der Waals surface area contributed by atoms with Crippen LogP contribution in [0.5, 0.6) is 0 Å². The molecular formula is C16H19N3O2. The van der Waals surface area contributed by atoms with Crippen molar-refractivity contribution in [2.75, 3.05) is 7.11 Å². The third-order valence-electron chi connectivity index (χ3n) is 3.51. The number of methoxy groups -OCH3 is 1. The number of nitrogens with one attached hydrogen (secondary N) is 1. The first-order valence-electron chi connectivity index (χ1n) is 6.88. The number of hydrogen-bond acceptors (Lipinski definition) is 4. The highest BCUT2D eigenvalue weighted by Crippen LogP contribution is 2.18. The van der Waals surface area contributed by atoms with E-state index in [1.807, 2.05) is 48.8 Å². The number of fused-ring (bicyclic) bond motifs is 1. The summed E-state index contributed by atoms with van der Waals surface area (Å²) < 4.78 is 6.72. The Morgan fingerprint density at radius 2 is 2.24 bits per heavy atom. The lowest BCUT2D eigenvalue weighted by Gasteiger charge is -2.19. The molecule has 110 valence electrons. The van der Waals surface area contributed by atoms with E-state index in [1.54, 1.807) is 0 Å². The SMILES string of the molecule is COC(=O)C(NCc1cn2ccccc2c1C#N)C(C)C. The molecule has 0 amide bonds. The van der Waals surface area contributed by atoms with Crippen molar-refractivity contribution >= 4 is 11.5 Å². The molecule has 0 fully saturated rings. The standard InChI is InChI=1S/C16H19N3O2/c1-11(2)15(16(20)21-3)18-9-12-10-19-7-5-4-6-14(19)13(12)8-17/h4-7,10-11,15,18H,9H2,1-3H3. The van der Waals surface area contributed by atoms with Crippen molar-refractivity contribution in [3.63, 3.8) is 0 Å². The molecule has 2 rings (SSSR count). The summed E-state index contributed by atoms with van der Waals surface area (Å²) in [6.45, 7) is 4.36. The van der Waals surface area contributed by atoms with Crippen LogP contribution < -0.4 is 5.32 Å². The molecule has 1 N–H and O–H groups in total. The number of nitrogens with zero attached hydrogens (tertiary/aromatic N) is 2. The Morgan fingerprint density at radius 3 is 2.86 bits per heavy atom. The Morgan fingerprint density at radius 1 is 1.48 bits per heavy atom. The molecule has 0 saturated heterocycles. The molecular weight excluding hydrogens is 266 g/mol. The van der Waals surface area contributed by atoms with Crippen LogP contribution in [0.1, 0.15) is 25.0 Å². The summed E-state index contributed by atoms with van der Waals surface area (Å²) in [5.41, 5.74) is 2.38. The molecule has 0 aliphatic rings. The summed E-state index contributed by atoms with van der Waals surface area (Å²) in [6, 6.07) is 7.57. The van der Waals surface area contributed by atoms with Crippen LogP contribution in [0.3, 0.4) is 0 Å². The molecule has 0 saturated carbocycles. The van der Waals surface area contributed by atoms with E-state index in [2.05, 4.69) is 11.4 Å². The van der Waals surface area contributed by atoms with Crippen LogP contribution in [0.15, 0.2) is 30.6 Å². The van der Waals surface area contributed by atoms with Gasteiger partial charge in [0.05, 0.1) is 18.2 Å². The lowest BCUT2D eigenvalue weighted by molar-refractivity contribution is -0.144. The molecule has 5 heteroatoms. The second kappa shape index (κ2) is 6.42. The third kappa shape index (κ3) is 3.06. The Labute approximate surface area is 124 Å². The van der Waals surface area contributed by atoms with Crippen LogP contribution in [0.2, 0.25) is 0 Å². The van der Waals surface area contributed by atoms with Gasteiger partial charge in [-0.25, -0.2) is 0 Å². The van der Waals surface area contributed by atoms with Gasteiger partial charge in [-0.15, -0.1) is 0 Å². The molecule has 1 unspecified atom stereocenters. The molecule has 21 heavy (non-hydrogen) atoms. The molecule has 1 atom stereocenters. The molecule has 2 aromatic heterocycles. The van der Waals surface area contributed by atoms with Crippen LogP contribution in [0.25, 0.3) is 5.52 Å². The fraction of sp³-hybridized carbons (Fsp3) is 0.375. The fourth-order valence-corrected chi connectivity index (χ4v) is 2.38. The van der Waals surface area contributed by atoms with Crippen molar-refractivity contribution in [2.45, 2.75) is 26.4 Å². The van der Waals surface area contributed by atoms with Gasteiger partial charge in [-0.1, -0.05) is 19.9 Å². The highest BCUT2D eigenvalue weighted by Gasteiger charge is 2.23. The average Bonchev–Trinajstić information content (AvgIpc) is 2.84. The Bertz CT molecular complexity index is 682. The molecule has 0 radical (unpaired) electrons. The normalized spacial score (nSPS) is 12.3. The smallest absolute Gasteiger partial charge is 0.323 e. The number of esters is 1. The maximum Gasteiger partial charge on any atom is 0.323 e. The first-order chi connectivity index (χ1) is 10.1. The van der Waals surface area contributed by atoms with Crippen molar-refractivity contribution in [3.8, 4) is 6.07 Å². The number of nitriles is 1. The van der Waals surface area contributed by atoms with Gasteiger partial charge in [0.15, 0.2) is 0 Å². The molecule has 0 bridgehead atoms. The first kappa shape index (κ1) is 15.1. The number of pyridine rings is 1. The number of aromatic nitrogens is 1. The largest absolute Gasteiger partial charge is 0.468 e. The van der Waals surface area contributed by atoms with E-state index in [9.17, 15) is 10.1 Å². The van der Waals surface area contributed by atoms with E-state index in [0.717, 1.165) is 11.1 Å². The van der Waals surface area contributed by atoms with Crippen molar-refractivity contribution < 1.29 is 9.53 Å². The van der Waals surface area contributed by atoms with Crippen molar-refractivity contribution in [3.05, 3.63) is 41.7 Å². The van der Waals surface area contributed by atoms with Crippen LogP contribution in [0.4, 0.5) is 0 Å².